The maximum Gasteiger partial charge on any atom is 0.241 e. The number of hydrogen-bond acceptors (Lipinski definition) is 4. The highest BCUT2D eigenvalue weighted by Crippen LogP contribution is 2.54. The maximum atomic E-state index is 12.8. The van der Waals surface area contributed by atoms with Crippen LogP contribution < -0.4 is 5.32 Å². The van der Waals surface area contributed by atoms with Gasteiger partial charge in [0.05, 0.1) is 11.6 Å². The number of nitriles is 1. The molecule has 28 heavy (non-hydrogen) atoms. The first-order valence-corrected chi connectivity index (χ1v) is 11.7. The molecule has 0 bridgehead atoms. The highest BCUT2D eigenvalue weighted by molar-refractivity contribution is 7.58. The zero-order valence-electron chi connectivity index (χ0n) is 14.8. The number of benzene rings is 2. The summed E-state index contributed by atoms with van der Waals surface area (Å²) in [6.07, 6.45) is 3.03. The Balaban J connectivity index is 1.89. The van der Waals surface area contributed by atoms with E-state index >= 15 is 0 Å². The topological polar surface area (TPSA) is 90.2 Å². The summed E-state index contributed by atoms with van der Waals surface area (Å²) in [4.78, 5) is 23.0. The van der Waals surface area contributed by atoms with Crippen LogP contribution in [0.15, 0.2) is 54.0 Å². The summed E-state index contributed by atoms with van der Waals surface area (Å²) in [5.74, 6) is -0.583. The summed E-state index contributed by atoms with van der Waals surface area (Å²) in [6.45, 7) is 1.17. The van der Waals surface area contributed by atoms with Gasteiger partial charge in [-0.3, -0.25) is 9.36 Å². The van der Waals surface area contributed by atoms with Crippen LogP contribution in [0.3, 0.4) is 0 Å². The van der Waals surface area contributed by atoms with Crippen molar-refractivity contribution in [3.05, 3.63) is 75.8 Å². The van der Waals surface area contributed by atoms with Gasteiger partial charge in [0, 0.05) is 22.6 Å². The average Bonchev–Trinajstić information content (AvgIpc) is 3.03. The molecule has 3 aromatic rings. The van der Waals surface area contributed by atoms with Crippen LogP contribution in [0, 0.1) is 11.3 Å². The number of carbonyl (C=O) groups is 1. The summed E-state index contributed by atoms with van der Waals surface area (Å²) in [5, 5.41) is 14.4. The van der Waals surface area contributed by atoms with Crippen molar-refractivity contribution in [2.45, 2.75) is 5.66 Å². The van der Waals surface area contributed by atoms with Gasteiger partial charge in [-0.15, -0.1) is 11.3 Å². The Morgan fingerprint density at radius 3 is 2.86 bits per heavy atom. The van der Waals surface area contributed by atoms with Gasteiger partial charge < -0.3 is 10.2 Å². The van der Waals surface area contributed by atoms with E-state index in [2.05, 4.69) is 5.32 Å². The summed E-state index contributed by atoms with van der Waals surface area (Å²) >= 11 is 7.45. The van der Waals surface area contributed by atoms with Gasteiger partial charge in [0.15, 0.2) is 0 Å². The van der Waals surface area contributed by atoms with Crippen LogP contribution in [-0.4, -0.2) is 17.5 Å². The van der Waals surface area contributed by atoms with Crippen molar-refractivity contribution in [3.8, 4) is 6.07 Å². The fourth-order valence-corrected chi connectivity index (χ4v) is 5.34. The van der Waals surface area contributed by atoms with Crippen LogP contribution in [-0.2, 0) is 9.36 Å². The number of carbonyl (C=O) groups excluding carboxylic acids is 1. The third-order valence-electron chi connectivity index (χ3n) is 4.10. The smallest absolute Gasteiger partial charge is 0.241 e. The molecule has 0 saturated heterocycles. The molecule has 0 fully saturated rings. The molecule has 0 aliphatic heterocycles. The molecule has 1 aromatic heterocycles. The van der Waals surface area contributed by atoms with Crippen LogP contribution in [0.5, 0.6) is 0 Å². The predicted molar refractivity (Wildman–Crippen MR) is 114 cm³/mol. The van der Waals surface area contributed by atoms with Crippen molar-refractivity contribution in [1.29, 1.82) is 5.26 Å². The van der Waals surface area contributed by atoms with Gasteiger partial charge in [0.25, 0.3) is 0 Å². The molecule has 2 aromatic carbocycles. The lowest BCUT2D eigenvalue weighted by Gasteiger charge is -2.18. The third-order valence-corrected chi connectivity index (χ3v) is 6.79. The van der Waals surface area contributed by atoms with Gasteiger partial charge in [-0.05, 0) is 58.3 Å². The van der Waals surface area contributed by atoms with E-state index in [-0.39, 0.29) is 0 Å². The SMILES string of the molecule is CP(=O)(O)C(C(=O)NC=Cc1cccc(C#N)c1)c1csc2ccc(Cl)cc12. The number of nitrogens with zero attached hydrogens (tertiary/aromatic N) is 1. The normalized spacial score (nSPS) is 14.5. The van der Waals surface area contributed by atoms with Crippen molar-refractivity contribution < 1.29 is 14.3 Å². The molecule has 0 saturated carbocycles. The maximum absolute atomic E-state index is 12.8. The van der Waals surface area contributed by atoms with Gasteiger partial charge in [-0.25, -0.2) is 0 Å². The fourth-order valence-electron chi connectivity index (χ4n) is 2.86. The Morgan fingerprint density at radius 1 is 1.36 bits per heavy atom. The number of fused-ring (bicyclic) bond motifs is 1. The van der Waals surface area contributed by atoms with Gasteiger partial charge in [-0.2, -0.15) is 5.26 Å². The molecule has 2 N–H and O–H groups in total. The van der Waals surface area contributed by atoms with E-state index in [0.717, 1.165) is 10.3 Å². The number of nitrogens with one attached hydrogen (secondary N) is 1. The first-order chi connectivity index (χ1) is 13.3. The molecule has 0 spiro atoms. The quantitative estimate of drug-likeness (QED) is 0.547. The minimum Gasteiger partial charge on any atom is -0.344 e. The number of amides is 1. The Kier molecular flexibility index (Phi) is 6.02. The predicted octanol–water partition coefficient (Wildman–Crippen LogP) is 5.15. The monoisotopic (exact) mass is 430 g/mol. The lowest BCUT2D eigenvalue weighted by Crippen LogP contribution is -2.25. The number of rotatable bonds is 5. The van der Waals surface area contributed by atoms with Gasteiger partial charge in [-0.1, -0.05) is 23.7 Å². The standard InChI is InChI=1S/C20H16ClN2O3PS/c1-27(25,26)19(17-12-28-18-6-5-15(21)10-16(17)18)20(24)23-8-7-13-3-2-4-14(9-13)11-22/h2-10,12,19H,1H3,(H,23,24)(H,25,26). The summed E-state index contributed by atoms with van der Waals surface area (Å²) in [5.41, 5.74) is 0.497. The van der Waals surface area contributed by atoms with E-state index in [4.69, 9.17) is 16.9 Å². The number of thiophene rings is 1. The highest BCUT2D eigenvalue weighted by Gasteiger charge is 2.36. The molecule has 8 heteroatoms. The molecule has 3 rings (SSSR count). The second-order valence-corrected chi connectivity index (χ2v) is 10.0. The molecule has 2 unspecified atom stereocenters. The van der Waals surface area contributed by atoms with Crippen LogP contribution >= 0.6 is 30.3 Å². The Morgan fingerprint density at radius 2 is 2.14 bits per heavy atom. The largest absolute Gasteiger partial charge is 0.344 e. The molecule has 0 aliphatic rings. The van der Waals surface area contributed by atoms with E-state index in [1.54, 1.807) is 47.9 Å². The Labute approximate surface area is 171 Å². The minimum absolute atomic E-state index is 0.480. The van der Waals surface area contributed by atoms with Crippen LogP contribution in [0.1, 0.15) is 22.3 Å². The Bertz CT molecular complexity index is 1160. The summed E-state index contributed by atoms with van der Waals surface area (Å²) in [6, 6.07) is 14.2. The van der Waals surface area contributed by atoms with Gasteiger partial charge >= 0.3 is 0 Å². The van der Waals surface area contributed by atoms with E-state index < -0.39 is 18.9 Å². The van der Waals surface area contributed by atoms with Crippen LogP contribution in [0.2, 0.25) is 5.02 Å². The molecule has 2 atom stereocenters. The van der Waals surface area contributed by atoms with Crippen molar-refractivity contribution in [3.63, 3.8) is 0 Å². The summed E-state index contributed by atoms with van der Waals surface area (Å²) in [7, 11) is -3.79. The molecule has 1 heterocycles. The fraction of sp³-hybridized carbons (Fsp3) is 0.100. The molecule has 1 amide bonds. The molecular weight excluding hydrogens is 415 g/mol. The molecule has 0 aliphatic carbocycles. The van der Waals surface area contributed by atoms with Crippen molar-refractivity contribution >= 4 is 52.4 Å². The lowest BCUT2D eigenvalue weighted by atomic mass is 10.1. The number of hydrogen-bond donors (Lipinski definition) is 2. The third kappa shape index (κ3) is 4.52. The summed E-state index contributed by atoms with van der Waals surface area (Å²) < 4.78 is 13.4. The zero-order chi connectivity index (χ0) is 20.3. The average molecular weight is 431 g/mol. The van der Waals surface area contributed by atoms with Crippen LogP contribution in [0.4, 0.5) is 0 Å². The van der Waals surface area contributed by atoms with E-state index in [9.17, 15) is 14.3 Å². The lowest BCUT2D eigenvalue weighted by molar-refractivity contribution is -0.120. The van der Waals surface area contributed by atoms with Crippen molar-refractivity contribution in [2.75, 3.05) is 6.66 Å². The van der Waals surface area contributed by atoms with Crippen molar-refractivity contribution in [1.82, 2.24) is 5.32 Å². The first-order valence-electron chi connectivity index (χ1n) is 8.23. The van der Waals surface area contributed by atoms with E-state index in [0.29, 0.717) is 21.5 Å². The minimum atomic E-state index is -3.79. The zero-order valence-corrected chi connectivity index (χ0v) is 17.3. The first kappa shape index (κ1) is 20.3. The molecule has 142 valence electrons. The van der Waals surface area contributed by atoms with E-state index in [1.165, 1.54) is 24.2 Å². The highest BCUT2D eigenvalue weighted by atomic mass is 35.5. The second-order valence-electron chi connectivity index (χ2n) is 6.26. The van der Waals surface area contributed by atoms with Crippen LogP contribution in [0.25, 0.3) is 16.2 Å². The van der Waals surface area contributed by atoms with E-state index in [1.807, 2.05) is 12.1 Å². The van der Waals surface area contributed by atoms with Gasteiger partial charge in [0.2, 0.25) is 13.3 Å². The molecule has 0 radical (unpaired) electrons. The number of halogens is 1. The Hall–Kier alpha value is -2.42. The molecule has 5 nitrogen and oxygen atoms in total. The van der Waals surface area contributed by atoms with Gasteiger partial charge in [0.1, 0.15) is 5.66 Å². The van der Waals surface area contributed by atoms with Crippen molar-refractivity contribution in [2.24, 2.45) is 0 Å². The second kappa shape index (κ2) is 8.30. The molecular formula is C20H16ClN2O3PS.